The molecule has 0 aromatic heterocycles. The Morgan fingerprint density at radius 2 is 2.05 bits per heavy atom. The van der Waals surface area contributed by atoms with Crippen molar-refractivity contribution in [1.82, 2.24) is 4.90 Å². The predicted molar refractivity (Wildman–Crippen MR) is 74.2 cm³/mol. The molecule has 0 heterocycles. The quantitative estimate of drug-likeness (QED) is 0.879. The number of halogens is 3. The summed E-state index contributed by atoms with van der Waals surface area (Å²) in [5.41, 5.74) is -0.578. The third kappa shape index (κ3) is 4.63. The number of hydrogen-bond acceptors (Lipinski definition) is 3. The molecule has 0 saturated heterocycles. The number of nitrogens with zero attached hydrogens (tertiary/aromatic N) is 1. The zero-order valence-electron chi connectivity index (χ0n) is 12.2. The number of alkyl halides is 3. The Kier molecular flexibility index (Phi) is 5.60. The molecule has 21 heavy (non-hydrogen) atoms. The van der Waals surface area contributed by atoms with Crippen molar-refractivity contribution in [2.24, 2.45) is 0 Å². The molecule has 7 heteroatoms. The molecule has 0 aliphatic heterocycles. The monoisotopic (exact) mass is 304 g/mol. The van der Waals surface area contributed by atoms with Crippen molar-refractivity contribution in [3.63, 3.8) is 0 Å². The van der Waals surface area contributed by atoms with Gasteiger partial charge in [0.2, 0.25) is 0 Å². The summed E-state index contributed by atoms with van der Waals surface area (Å²) in [6, 6.07) is 3.00. The van der Waals surface area contributed by atoms with E-state index in [0.717, 1.165) is 12.1 Å². The molecule has 0 fully saturated rings. The van der Waals surface area contributed by atoms with Crippen LogP contribution >= 0.6 is 0 Å². The van der Waals surface area contributed by atoms with Gasteiger partial charge in [0.25, 0.3) is 5.91 Å². The summed E-state index contributed by atoms with van der Waals surface area (Å²) in [6.45, 7) is 1.84. The Balaban J connectivity index is 3.06. The molecule has 1 aromatic rings. The summed E-state index contributed by atoms with van der Waals surface area (Å²) < 4.78 is 38.2. The van der Waals surface area contributed by atoms with Crippen LogP contribution in [0, 0.1) is 0 Å². The largest absolute Gasteiger partial charge is 0.416 e. The third-order valence-corrected chi connectivity index (χ3v) is 3.08. The molecule has 0 aliphatic rings. The third-order valence-electron chi connectivity index (χ3n) is 3.08. The highest BCUT2D eigenvalue weighted by molar-refractivity contribution is 5.99. The van der Waals surface area contributed by atoms with Gasteiger partial charge in [0.15, 0.2) is 0 Å². The van der Waals surface area contributed by atoms with Crippen molar-refractivity contribution in [2.75, 3.05) is 26.0 Å². The molecule has 1 rings (SSSR count). The van der Waals surface area contributed by atoms with E-state index in [0.29, 0.717) is 12.1 Å². The maximum Gasteiger partial charge on any atom is 0.416 e. The Morgan fingerprint density at radius 1 is 1.43 bits per heavy atom. The lowest BCUT2D eigenvalue weighted by Crippen LogP contribution is -2.30. The molecule has 4 nitrogen and oxygen atoms in total. The summed E-state index contributed by atoms with van der Waals surface area (Å²) in [6.07, 6.45) is -4.72. The number of benzene rings is 1. The van der Waals surface area contributed by atoms with Crippen LogP contribution in [0.15, 0.2) is 18.2 Å². The minimum absolute atomic E-state index is 0.0413. The summed E-state index contributed by atoms with van der Waals surface area (Å²) in [5, 5.41) is 11.9. The molecular formula is C14H19F3N2O2. The molecule has 1 amide bonds. The lowest BCUT2D eigenvalue weighted by atomic mass is 10.1. The van der Waals surface area contributed by atoms with Crippen LogP contribution in [0.2, 0.25) is 0 Å². The summed E-state index contributed by atoms with van der Waals surface area (Å²) in [7, 11) is 3.03. The predicted octanol–water partition coefficient (Wildman–Crippen LogP) is 2.59. The Bertz CT molecular complexity index is 501. The van der Waals surface area contributed by atoms with Crippen LogP contribution in [0.5, 0.6) is 0 Å². The Morgan fingerprint density at radius 3 is 2.52 bits per heavy atom. The first-order valence-electron chi connectivity index (χ1n) is 6.49. The van der Waals surface area contributed by atoms with E-state index >= 15 is 0 Å². The van der Waals surface area contributed by atoms with E-state index in [1.807, 2.05) is 0 Å². The second-order valence-electron chi connectivity index (χ2n) is 4.87. The average Bonchev–Trinajstić information content (AvgIpc) is 2.42. The van der Waals surface area contributed by atoms with Gasteiger partial charge in [-0.3, -0.25) is 4.79 Å². The number of nitrogens with one attached hydrogen (secondary N) is 1. The number of carbonyl (C=O) groups excluding carboxylic acids is 1. The molecule has 1 atom stereocenters. The second kappa shape index (κ2) is 6.80. The molecular weight excluding hydrogens is 285 g/mol. The van der Waals surface area contributed by atoms with Crippen LogP contribution in [0.3, 0.4) is 0 Å². The van der Waals surface area contributed by atoms with Crippen LogP contribution in [0.4, 0.5) is 18.9 Å². The fourth-order valence-corrected chi connectivity index (χ4v) is 1.80. The lowest BCUT2D eigenvalue weighted by molar-refractivity contribution is -0.137. The normalized spacial score (nSPS) is 12.9. The van der Waals surface area contributed by atoms with Crippen LogP contribution in [-0.4, -0.2) is 42.7 Å². The molecule has 0 aliphatic carbocycles. The zero-order chi connectivity index (χ0) is 16.2. The van der Waals surface area contributed by atoms with Crippen molar-refractivity contribution in [3.05, 3.63) is 29.3 Å². The highest BCUT2D eigenvalue weighted by Gasteiger charge is 2.32. The zero-order valence-corrected chi connectivity index (χ0v) is 12.2. The molecule has 0 spiro atoms. The Labute approximate surface area is 121 Å². The van der Waals surface area contributed by atoms with Crippen molar-refractivity contribution in [3.8, 4) is 0 Å². The highest BCUT2D eigenvalue weighted by atomic mass is 19.4. The van der Waals surface area contributed by atoms with Gasteiger partial charge in [0.1, 0.15) is 0 Å². The second-order valence-corrected chi connectivity index (χ2v) is 4.87. The number of aliphatic hydroxyl groups is 1. The smallest absolute Gasteiger partial charge is 0.393 e. The maximum absolute atomic E-state index is 12.7. The fraction of sp³-hybridized carbons (Fsp3) is 0.500. The molecule has 2 N–H and O–H groups in total. The minimum Gasteiger partial charge on any atom is -0.393 e. The van der Waals surface area contributed by atoms with Crippen molar-refractivity contribution in [1.29, 1.82) is 0 Å². The summed E-state index contributed by atoms with van der Waals surface area (Å²) in [4.78, 5) is 13.5. The number of carbonyl (C=O) groups is 1. The van der Waals surface area contributed by atoms with Crippen LogP contribution < -0.4 is 5.32 Å². The average molecular weight is 304 g/mol. The number of anilines is 1. The highest BCUT2D eigenvalue weighted by Crippen LogP contribution is 2.32. The first kappa shape index (κ1) is 17.3. The lowest BCUT2D eigenvalue weighted by Gasteiger charge is -2.20. The van der Waals surface area contributed by atoms with E-state index in [9.17, 15) is 23.1 Å². The topological polar surface area (TPSA) is 52.6 Å². The van der Waals surface area contributed by atoms with Gasteiger partial charge in [-0.2, -0.15) is 13.2 Å². The van der Waals surface area contributed by atoms with E-state index in [2.05, 4.69) is 5.32 Å². The van der Waals surface area contributed by atoms with Gasteiger partial charge in [-0.15, -0.1) is 0 Å². The fourth-order valence-electron chi connectivity index (χ4n) is 1.80. The van der Waals surface area contributed by atoms with Crippen molar-refractivity contribution < 1.29 is 23.1 Å². The molecule has 118 valence electrons. The molecule has 0 radical (unpaired) electrons. The first-order valence-corrected chi connectivity index (χ1v) is 6.49. The van der Waals surface area contributed by atoms with Crippen LogP contribution in [0.25, 0.3) is 0 Å². The van der Waals surface area contributed by atoms with Gasteiger partial charge in [0.05, 0.1) is 17.2 Å². The number of rotatable bonds is 5. The van der Waals surface area contributed by atoms with Crippen molar-refractivity contribution >= 4 is 11.6 Å². The van der Waals surface area contributed by atoms with Gasteiger partial charge in [-0.25, -0.2) is 0 Å². The van der Waals surface area contributed by atoms with Gasteiger partial charge < -0.3 is 15.3 Å². The molecule has 0 saturated carbocycles. The van der Waals surface area contributed by atoms with Gasteiger partial charge >= 0.3 is 6.18 Å². The number of amides is 1. The maximum atomic E-state index is 12.7. The first-order chi connectivity index (χ1) is 9.66. The SMILES string of the molecule is CNc1ccc(C(F)(F)F)cc1C(=O)N(C)CCC(C)O. The Hall–Kier alpha value is -1.76. The van der Waals surface area contributed by atoms with Crippen LogP contribution in [0.1, 0.15) is 29.3 Å². The van der Waals surface area contributed by atoms with Gasteiger partial charge in [-0.05, 0) is 31.5 Å². The van der Waals surface area contributed by atoms with Gasteiger partial charge in [0, 0.05) is 26.3 Å². The van der Waals surface area contributed by atoms with E-state index < -0.39 is 23.8 Å². The minimum atomic E-state index is -4.50. The van der Waals surface area contributed by atoms with Gasteiger partial charge in [-0.1, -0.05) is 0 Å². The van der Waals surface area contributed by atoms with E-state index in [1.54, 1.807) is 6.92 Å². The molecule has 1 unspecified atom stereocenters. The van der Waals surface area contributed by atoms with Crippen LogP contribution in [-0.2, 0) is 6.18 Å². The standard InChI is InChI=1S/C14H19F3N2O2/c1-9(20)6-7-19(3)13(21)11-8-10(14(15,16)17)4-5-12(11)18-2/h4-5,8-9,18,20H,6-7H2,1-3H3. The van der Waals surface area contributed by atoms with E-state index in [1.165, 1.54) is 25.1 Å². The van der Waals surface area contributed by atoms with E-state index in [4.69, 9.17) is 0 Å². The molecule has 0 bridgehead atoms. The molecule has 1 aromatic carbocycles. The van der Waals surface area contributed by atoms with Crippen molar-refractivity contribution in [2.45, 2.75) is 25.6 Å². The number of aliphatic hydroxyl groups excluding tert-OH is 1. The summed E-state index contributed by atoms with van der Waals surface area (Å²) in [5.74, 6) is -0.522. The van der Waals surface area contributed by atoms with E-state index in [-0.39, 0.29) is 12.1 Å². The summed E-state index contributed by atoms with van der Waals surface area (Å²) >= 11 is 0. The number of hydrogen-bond donors (Lipinski definition) is 2.